The predicted molar refractivity (Wildman–Crippen MR) is 77.1 cm³/mol. The molecular formula is C14H24N4O2. The second-order valence-electron chi connectivity index (χ2n) is 4.60. The van der Waals surface area contributed by atoms with Gasteiger partial charge in [0, 0.05) is 50.8 Å². The molecule has 0 atom stereocenters. The molecule has 6 heteroatoms. The van der Waals surface area contributed by atoms with E-state index in [1.165, 1.54) is 0 Å². The van der Waals surface area contributed by atoms with E-state index < -0.39 is 0 Å². The molecule has 0 aromatic carbocycles. The highest BCUT2D eigenvalue weighted by molar-refractivity contribution is 5.78. The van der Waals surface area contributed by atoms with Crippen molar-refractivity contribution in [3.05, 3.63) is 18.2 Å². The molecule has 20 heavy (non-hydrogen) atoms. The van der Waals surface area contributed by atoms with E-state index in [1.807, 2.05) is 13.8 Å². The zero-order chi connectivity index (χ0) is 14.8. The van der Waals surface area contributed by atoms with E-state index >= 15 is 0 Å². The molecular weight excluding hydrogens is 256 g/mol. The minimum Gasteiger partial charge on any atom is -0.356 e. The van der Waals surface area contributed by atoms with Crippen molar-refractivity contribution in [1.29, 1.82) is 0 Å². The molecule has 0 aliphatic rings. The third-order valence-electron chi connectivity index (χ3n) is 3.18. The van der Waals surface area contributed by atoms with Gasteiger partial charge < -0.3 is 15.2 Å². The van der Waals surface area contributed by atoms with Gasteiger partial charge in [0.15, 0.2) is 0 Å². The van der Waals surface area contributed by atoms with E-state index in [0.29, 0.717) is 25.8 Å². The average Bonchev–Trinajstić information content (AvgIpc) is 2.93. The molecule has 0 saturated heterocycles. The van der Waals surface area contributed by atoms with Gasteiger partial charge in [-0.25, -0.2) is 4.98 Å². The molecule has 0 aliphatic carbocycles. The molecule has 0 spiro atoms. The normalized spacial score (nSPS) is 10.3. The first kappa shape index (κ1) is 16.2. The van der Waals surface area contributed by atoms with Gasteiger partial charge in [-0.3, -0.25) is 9.59 Å². The molecule has 1 aromatic rings. The first-order chi connectivity index (χ1) is 9.67. The van der Waals surface area contributed by atoms with Crippen molar-refractivity contribution in [3.8, 4) is 0 Å². The van der Waals surface area contributed by atoms with Crippen LogP contribution >= 0.6 is 0 Å². The molecule has 1 aromatic heterocycles. The number of rotatable bonds is 9. The van der Waals surface area contributed by atoms with Crippen LogP contribution in [0.2, 0.25) is 0 Å². The number of aromatic nitrogens is 2. The molecule has 2 amide bonds. The summed E-state index contributed by atoms with van der Waals surface area (Å²) in [6, 6.07) is 0. The number of imidazole rings is 1. The third-order valence-corrected chi connectivity index (χ3v) is 3.18. The Balaban J connectivity index is 2.09. The van der Waals surface area contributed by atoms with Crippen molar-refractivity contribution in [3.63, 3.8) is 0 Å². The minimum atomic E-state index is -0.00291. The lowest BCUT2D eigenvalue weighted by atomic mass is 10.2. The maximum Gasteiger partial charge on any atom is 0.222 e. The largest absolute Gasteiger partial charge is 0.356 e. The predicted octanol–water partition coefficient (Wildman–Crippen LogP) is 1.11. The molecule has 0 aliphatic heterocycles. The quantitative estimate of drug-likeness (QED) is 0.711. The van der Waals surface area contributed by atoms with Crippen molar-refractivity contribution in [2.75, 3.05) is 19.6 Å². The van der Waals surface area contributed by atoms with Crippen LogP contribution in [0.1, 0.15) is 38.8 Å². The van der Waals surface area contributed by atoms with Gasteiger partial charge in [-0.1, -0.05) is 0 Å². The number of nitrogens with one attached hydrogen (secondary N) is 2. The SMILES string of the molecule is CCN(CC)C(=O)CCCC(=O)NCCc1cnc[nH]1. The number of nitrogens with zero attached hydrogens (tertiary/aromatic N) is 2. The Kier molecular flexibility index (Phi) is 7.39. The molecule has 0 bridgehead atoms. The van der Waals surface area contributed by atoms with Crippen molar-refractivity contribution in [2.45, 2.75) is 39.5 Å². The lowest BCUT2D eigenvalue weighted by Crippen LogP contribution is -2.31. The highest BCUT2D eigenvalue weighted by Gasteiger charge is 2.10. The zero-order valence-electron chi connectivity index (χ0n) is 12.3. The third kappa shape index (κ3) is 5.86. The van der Waals surface area contributed by atoms with Crippen LogP contribution in [0.25, 0.3) is 0 Å². The molecule has 1 rings (SSSR count). The summed E-state index contributed by atoms with van der Waals surface area (Å²) >= 11 is 0. The fourth-order valence-corrected chi connectivity index (χ4v) is 1.98. The molecule has 0 unspecified atom stereocenters. The van der Waals surface area contributed by atoms with Gasteiger partial charge >= 0.3 is 0 Å². The van der Waals surface area contributed by atoms with Crippen molar-refractivity contribution >= 4 is 11.8 Å². The highest BCUT2D eigenvalue weighted by Crippen LogP contribution is 2.01. The summed E-state index contributed by atoms with van der Waals surface area (Å²) in [5.41, 5.74) is 1.00. The van der Waals surface area contributed by atoms with Crippen LogP contribution < -0.4 is 5.32 Å². The van der Waals surface area contributed by atoms with E-state index in [4.69, 9.17) is 0 Å². The number of carbonyl (C=O) groups excluding carboxylic acids is 2. The Morgan fingerprint density at radius 2 is 2.05 bits per heavy atom. The van der Waals surface area contributed by atoms with Gasteiger partial charge in [0.2, 0.25) is 11.8 Å². The maximum absolute atomic E-state index is 11.7. The molecule has 1 heterocycles. The smallest absolute Gasteiger partial charge is 0.222 e. The first-order valence-corrected chi connectivity index (χ1v) is 7.19. The second-order valence-corrected chi connectivity index (χ2v) is 4.60. The summed E-state index contributed by atoms with van der Waals surface area (Å²) < 4.78 is 0. The van der Waals surface area contributed by atoms with E-state index in [-0.39, 0.29) is 11.8 Å². The van der Waals surface area contributed by atoms with E-state index in [1.54, 1.807) is 17.4 Å². The number of carbonyl (C=O) groups is 2. The van der Waals surface area contributed by atoms with Crippen LogP contribution in [-0.2, 0) is 16.0 Å². The van der Waals surface area contributed by atoms with Crippen molar-refractivity contribution in [2.24, 2.45) is 0 Å². The minimum absolute atomic E-state index is 0.00291. The summed E-state index contributed by atoms with van der Waals surface area (Å²) in [6.45, 7) is 5.97. The summed E-state index contributed by atoms with van der Waals surface area (Å²) in [4.78, 5) is 32.0. The molecule has 0 radical (unpaired) electrons. The molecule has 0 saturated carbocycles. The van der Waals surface area contributed by atoms with Crippen LogP contribution in [0, 0.1) is 0 Å². The van der Waals surface area contributed by atoms with Gasteiger partial charge in [0.1, 0.15) is 0 Å². The fraction of sp³-hybridized carbons (Fsp3) is 0.643. The Morgan fingerprint density at radius 3 is 2.65 bits per heavy atom. The van der Waals surface area contributed by atoms with Crippen LogP contribution in [-0.4, -0.2) is 46.3 Å². The molecule has 0 fully saturated rings. The first-order valence-electron chi connectivity index (χ1n) is 7.19. The van der Waals surface area contributed by atoms with Gasteiger partial charge in [-0.05, 0) is 20.3 Å². The number of hydrogen-bond donors (Lipinski definition) is 2. The van der Waals surface area contributed by atoms with Crippen LogP contribution in [0.3, 0.4) is 0 Å². The standard InChI is InChI=1S/C14H24N4O2/c1-3-18(4-2)14(20)7-5-6-13(19)16-9-8-12-10-15-11-17-12/h10-11H,3-9H2,1-2H3,(H,15,17)(H,16,19). The monoisotopic (exact) mass is 280 g/mol. The Hall–Kier alpha value is -1.85. The Labute approximate surface area is 120 Å². The topological polar surface area (TPSA) is 78.1 Å². The molecule has 6 nitrogen and oxygen atoms in total. The average molecular weight is 280 g/mol. The lowest BCUT2D eigenvalue weighted by Gasteiger charge is -2.18. The van der Waals surface area contributed by atoms with Crippen LogP contribution in [0.15, 0.2) is 12.5 Å². The number of hydrogen-bond acceptors (Lipinski definition) is 3. The molecule has 2 N–H and O–H groups in total. The highest BCUT2D eigenvalue weighted by atomic mass is 16.2. The van der Waals surface area contributed by atoms with Crippen molar-refractivity contribution in [1.82, 2.24) is 20.2 Å². The summed E-state index contributed by atoms with van der Waals surface area (Å²) in [6.07, 6.45) is 5.55. The lowest BCUT2D eigenvalue weighted by molar-refractivity contribution is -0.131. The maximum atomic E-state index is 11.7. The van der Waals surface area contributed by atoms with Crippen LogP contribution in [0.4, 0.5) is 0 Å². The van der Waals surface area contributed by atoms with Gasteiger partial charge in [-0.15, -0.1) is 0 Å². The van der Waals surface area contributed by atoms with E-state index in [2.05, 4.69) is 15.3 Å². The number of aromatic amines is 1. The van der Waals surface area contributed by atoms with Gasteiger partial charge in [0.05, 0.1) is 6.33 Å². The van der Waals surface area contributed by atoms with E-state index in [9.17, 15) is 9.59 Å². The van der Waals surface area contributed by atoms with Gasteiger partial charge in [-0.2, -0.15) is 0 Å². The summed E-state index contributed by atoms with van der Waals surface area (Å²) in [5.74, 6) is 0.122. The van der Waals surface area contributed by atoms with E-state index in [0.717, 1.165) is 25.2 Å². The zero-order valence-corrected chi connectivity index (χ0v) is 12.3. The summed E-state index contributed by atoms with van der Waals surface area (Å²) in [5, 5.41) is 2.84. The Morgan fingerprint density at radius 1 is 1.30 bits per heavy atom. The van der Waals surface area contributed by atoms with Crippen molar-refractivity contribution < 1.29 is 9.59 Å². The van der Waals surface area contributed by atoms with Crippen LogP contribution in [0.5, 0.6) is 0 Å². The Bertz CT molecular complexity index is 399. The fourth-order valence-electron chi connectivity index (χ4n) is 1.98. The number of amides is 2. The number of H-pyrrole nitrogens is 1. The molecule has 112 valence electrons. The van der Waals surface area contributed by atoms with Gasteiger partial charge in [0.25, 0.3) is 0 Å². The second kappa shape index (κ2) is 9.12. The summed E-state index contributed by atoms with van der Waals surface area (Å²) in [7, 11) is 0.